The lowest BCUT2D eigenvalue weighted by atomic mass is 9.49. The van der Waals surface area contributed by atoms with Crippen LogP contribution in [0.5, 0.6) is 46.0 Å². The van der Waals surface area contributed by atoms with Gasteiger partial charge in [-0.15, -0.1) is 0 Å². The standard InChI is InChI=1S/C18H19NO3.C17H19NO4.2C17H17NO4/c1-19-8-7-18-11-4-6-14(21-2)17(18)22-16-13(20)5-3-10(15(16)18)9-12(11)19;3*1-18-7-6-16-13-9-2-3-10(19)14(13)22-15(16)11(20)4-5-17(16,21)12(18)8-9/h3-6,12,17,20H,7-9H2,1-2H3;2-3,12,15,19,21H,4-8H2,1H3;2*2-5,12,15,19,21H,6-8H2,1H3/t12-,17?,18+;3*12-,15?,16+,17?/m1111/s1. The molecule has 0 radical (unpaired) electrons. The van der Waals surface area contributed by atoms with Gasteiger partial charge in [-0.2, -0.15) is 0 Å². The number of likely N-dealkylation sites (tertiary alicyclic amines) is 4. The average Bonchev–Trinajstić information content (AvgIpc) is 1.39. The largest absolute Gasteiger partial charge is 0.504 e. The summed E-state index contributed by atoms with van der Waals surface area (Å²) in [4.78, 5) is 46.4. The summed E-state index contributed by atoms with van der Waals surface area (Å²) in [6, 6.07) is 14.7. The van der Waals surface area contributed by atoms with Crippen molar-refractivity contribution in [3.05, 3.63) is 141 Å². The van der Waals surface area contributed by atoms with Crippen LogP contribution in [0, 0.1) is 0 Å². The van der Waals surface area contributed by atoms with Crippen molar-refractivity contribution in [2.75, 3.05) is 61.5 Å². The van der Waals surface area contributed by atoms with E-state index in [4.69, 9.17) is 23.7 Å². The quantitative estimate of drug-likeness (QED) is 0.143. The zero-order chi connectivity index (χ0) is 60.9. The van der Waals surface area contributed by atoms with Crippen molar-refractivity contribution in [1.82, 2.24) is 19.6 Å². The molecule has 1 saturated carbocycles. The van der Waals surface area contributed by atoms with E-state index in [0.29, 0.717) is 74.0 Å². The Balaban J connectivity index is 0.0000000910. The van der Waals surface area contributed by atoms with Gasteiger partial charge in [-0.1, -0.05) is 30.3 Å². The van der Waals surface area contributed by atoms with Crippen LogP contribution in [0.1, 0.15) is 83.0 Å². The van der Waals surface area contributed by atoms with Crippen molar-refractivity contribution in [2.45, 2.75) is 151 Å². The molecule has 5 fully saturated rings. The molecule has 0 aromatic heterocycles. The lowest BCUT2D eigenvalue weighted by molar-refractivity contribution is -0.185. The highest BCUT2D eigenvalue weighted by Gasteiger charge is 2.75. The highest BCUT2D eigenvalue weighted by molar-refractivity contribution is 6.00. The summed E-state index contributed by atoms with van der Waals surface area (Å²) in [5, 5.41) is 75.6. The van der Waals surface area contributed by atoms with E-state index in [1.807, 2.05) is 45.4 Å². The fraction of sp³-hybridized carbons (Fsp3) is 0.493. The average molecular weight is 1200 g/mol. The monoisotopic (exact) mass is 1200 g/mol. The molecule has 19 heteroatoms. The summed E-state index contributed by atoms with van der Waals surface area (Å²) >= 11 is 0. The topological polar surface area (TPSA) is 252 Å². The van der Waals surface area contributed by atoms with Crippen LogP contribution in [0.15, 0.2) is 96.3 Å². The van der Waals surface area contributed by atoms with Crippen molar-refractivity contribution < 1.29 is 73.8 Å². The normalized spacial score (nSPS) is 39.8. The van der Waals surface area contributed by atoms with Crippen LogP contribution in [-0.4, -0.2) is 200 Å². The van der Waals surface area contributed by atoms with Crippen LogP contribution in [0.2, 0.25) is 0 Å². The van der Waals surface area contributed by atoms with Gasteiger partial charge in [0.15, 0.2) is 87.8 Å². The Morgan fingerprint density at radius 1 is 0.477 bits per heavy atom. The number of phenolic OH excluding ortho intramolecular Hbond substituents is 4. The first kappa shape index (κ1) is 54.9. The molecule has 8 aliphatic carbocycles. The second-order valence-electron chi connectivity index (χ2n) is 27.9. The third-order valence-electron chi connectivity index (χ3n) is 24.8. The molecule has 8 bridgehead atoms. The summed E-state index contributed by atoms with van der Waals surface area (Å²) in [6.07, 6.45) is 15.1. The number of carbonyl (C=O) groups excluding carboxylic acids is 3. The molecule has 15 atom stereocenters. The summed E-state index contributed by atoms with van der Waals surface area (Å²) in [6.45, 7) is 3.45. The molecule has 4 aromatic rings. The smallest absolute Gasteiger partial charge is 0.196 e. The van der Waals surface area contributed by atoms with Crippen LogP contribution in [-0.2, 0) is 66.5 Å². The minimum absolute atomic E-state index is 0.00319. The van der Waals surface area contributed by atoms with E-state index < -0.39 is 51.4 Å². The summed E-state index contributed by atoms with van der Waals surface area (Å²) in [5.74, 6) is 2.96. The number of hydrogen-bond acceptors (Lipinski definition) is 19. The number of nitrogens with zero attached hydrogens (tertiary/aromatic N) is 4. The number of rotatable bonds is 1. The highest BCUT2D eigenvalue weighted by Crippen LogP contribution is 2.68. The Hall–Kier alpha value is -7.23. The number of aliphatic hydroxyl groups is 3. The molecule has 19 nitrogen and oxygen atoms in total. The van der Waals surface area contributed by atoms with Gasteiger partial charge >= 0.3 is 0 Å². The summed E-state index contributed by atoms with van der Waals surface area (Å²) < 4.78 is 29.6. The molecular weight excluding hydrogens is 1120 g/mol. The molecule has 7 N–H and O–H groups in total. The zero-order valence-electron chi connectivity index (χ0n) is 49.8. The van der Waals surface area contributed by atoms with Crippen molar-refractivity contribution in [3.63, 3.8) is 0 Å². The Bertz CT molecular complexity index is 3850. The Morgan fingerprint density at radius 2 is 0.898 bits per heavy atom. The number of ether oxygens (including phenoxy) is 5. The lowest BCUT2D eigenvalue weighted by Crippen LogP contribution is -2.76. The highest BCUT2D eigenvalue weighted by atomic mass is 16.5. The number of benzene rings is 4. The molecule has 20 rings (SSSR count). The lowest BCUT2D eigenvalue weighted by Gasteiger charge is -2.61. The van der Waals surface area contributed by atoms with Crippen LogP contribution in [0.25, 0.3) is 0 Å². The molecule has 88 heavy (non-hydrogen) atoms. The SMILES string of the molecule is CN1CC[C@]23c4c5ccc(O)c4OC2C(=O)C=CC3(O)[C@H]1C5.CN1CC[C@]23c4c5ccc(O)c4OC2C(=O)C=CC3(O)[C@H]1C5.CN1CC[C@]23c4c5ccc(O)c4OC2C(=O)CCC3(O)[C@H]1C5.COC1=CC=C2[C@H]3Cc4ccc(O)c5c4[C@@]2(CCN3C)C1O5. The van der Waals surface area contributed by atoms with E-state index in [2.05, 4.69) is 38.8 Å². The molecule has 4 aromatic carbocycles. The van der Waals surface area contributed by atoms with Gasteiger partial charge in [0, 0.05) is 52.8 Å². The van der Waals surface area contributed by atoms with Crippen molar-refractivity contribution in [2.24, 2.45) is 0 Å². The Labute approximate surface area is 508 Å². The third-order valence-corrected chi connectivity index (χ3v) is 24.8. The first-order chi connectivity index (χ1) is 42.1. The molecular formula is C69H72N4O15. The predicted molar refractivity (Wildman–Crippen MR) is 316 cm³/mol. The maximum absolute atomic E-state index is 12.5. The molecule has 4 spiro atoms. The Kier molecular flexibility index (Phi) is 11.1. The number of hydrogen-bond donors (Lipinski definition) is 7. The van der Waals surface area contributed by atoms with Crippen LogP contribution < -0.4 is 18.9 Å². The van der Waals surface area contributed by atoms with Crippen molar-refractivity contribution in [3.8, 4) is 46.0 Å². The fourth-order valence-electron chi connectivity index (χ4n) is 20.7. The van der Waals surface area contributed by atoms with Crippen LogP contribution >= 0.6 is 0 Å². The number of Topliss-reactive ketones (excluding diaryl/α,β-unsaturated/α-hetero) is 1. The Morgan fingerprint density at radius 3 is 1.41 bits per heavy atom. The second kappa shape index (κ2) is 17.8. The summed E-state index contributed by atoms with van der Waals surface area (Å²) in [7, 11) is 9.96. The van der Waals surface area contributed by atoms with E-state index in [0.717, 1.165) is 84.6 Å². The van der Waals surface area contributed by atoms with Gasteiger partial charge < -0.3 is 64.3 Å². The zero-order valence-corrected chi connectivity index (χ0v) is 49.8. The van der Waals surface area contributed by atoms with Crippen molar-refractivity contribution >= 4 is 17.3 Å². The van der Waals surface area contributed by atoms with E-state index >= 15 is 0 Å². The van der Waals surface area contributed by atoms with Crippen molar-refractivity contribution in [1.29, 1.82) is 0 Å². The van der Waals surface area contributed by atoms with Gasteiger partial charge in [0.05, 0.1) is 34.4 Å². The number of piperidine rings is 4. The van der Waals surface area contributed by atoms with E-state index in [-0.39, 0.29) is 70.0 Å². The minimum Gasteiger partial charge on any atom is -0.504 e. The summed E-state index contributed by atoms with van der Waals surface area (Å²) in [5.41, 5.74) is 4.18. The molecule has 7 unspecified atom stereocenters. The molecule has 4 saturated heterocycles. The number of allylic oxidation sites excluding steroid dienone is 2. The third kappa shape index (κ3) is 6.22. The molecule has 16 aliphatic rings. The number of phenols is 4. The van der Waals surface area contributed by atoms with Gasteiger partial charge in [-0.05, 0) is 195 Å². The molecule has 0 amide bonds. The van der Waals surface area contributed by atoms with Gasteiger partial charge in [-0.25, -0.2) is 0 Å². The van der Waals surface area contributed by atoms with Gasteiger partial charge in [0.25, 0.3) is 0 Å². The molecule has 8 heterocycles. The first-order valence-electron chi connectivity index (χ1n) is 31.1. The minimum atomic E-state index is -1.13. The maximum atomic E-state index is 12.5. The fourth-order valence-corrected chi connectivity index (χ4v) is 20.7. The number of likely N-dealkylation sites (N-methyl/N-ethyl adjacent to an activating group) is 4. The molecule has 458 valence electrons. The van der Waals surface area contributed by atoms with Gasteiger partial charge in [0.1, 0.15) is 17.0 Å². The van der Waals surface area contributed by atoms with Crippen LogP contribution in [0.4, 0.5) is 0 Å². The number of aromatic hydroxyl groups is 4. The maximum Gasteiger partial charge on any atom is 0.196 e. The van der Waals surface area contributed by atoms with Gasteiger partial charge in [-0.3, -0.25) is 29.1 Å². The number of carbonyl (C=O) groups is 3. The second-order valence-corrected chi connectivity index (χ2v) is 27.9. The first-order valence-corrected chi connectivity index (χ1v) is 31.1. The van der Waals surface area contributed by atoms with Gasteiger partial charge in [0.2, 0.25) is 0 Å². The van der Waals surface area contributed by atoms with E-state index in [1.165, 1.54) is 28.9 Å². The predicted octanol–water partition coefficient (Wildman–Crippen LogP) is 3.91. The van der Waals surface area contributed by atoms with E-state index in [1.54, 1.807) is 43.5 Å². The number of ketones is 3. The molecule has 8 aliphatic heterocycles. The van der Waals surface area contributed by atoms with E-state index in [9.17, 15) is 50.1 Å². The number of methoxy groups -OCH3 is 1. The van der Waals surface area contributed by atoms with Crippen LogP contribution in [0.3, 0.4) is 0 Å².